The molecule has 0 heterocycles. The summed E-state index contributed by atoms with van der Waals surface area (Å²) in [6, 6.07) is 3.67. The Kier molecular flexibility index (Phi) is 6.95. The number of allylic oxidation sites excluding steroid dienone is 1. The van der Waals surface area contributed by atoms with Crippen molar-refractivity contribution in [3.63, 3.8) is 0 Å². The first-order chi connectivity index (χ1) is 10.3. The van der Waals surface area contributed by atoms with Gasteiger partial charge in [0, 0.05) is 5.69 Å². The Morgan fingerprint density at radius 3 is 2.64 bits per heavy atom. The van der Waals surface area contributed by atoms with Crippen LogP contribution >= 0.6 is 0 Å². The topological polar surface area (TPSA) is 49.3 Å². The molecule has 0 saturated carbocycles. The van der Waals surface area contributed by atoms with Gasteiger partial charge in [-0.05, 0) is 37.5 Å². The van der Waals surface area contributed by atoms with E-state index in [-0.39, 0.29) is 5.69 Å². The number of alkyl halides is 3. The maximum absolute atomic E-state index is 12.6. The quantitative estimate of drug-likeness (QED) is 0.512. The van der Waals surface area contributed by atoms with E-state index in [2.05, 4.69) is 11.9 Å². The summed E-state index contributed by atoms with van der Waals surface area (Å²) in [5.74, 6) is -1.07. The van der Waals surface area contributed by atoms with Crippen molar-refractivity contribution in [2.45, 2.75) is 44.3 Å². The summed E-state index contributed by atoms with van der Waals surface area (Å²) >= 11 is 0. The first kappa shape index (κ1) is 18.1. The van der Waals surface area contributed by atoms with Gasteiger partial charge in [-0.1, -0.05) is 25.0 Å². The second-order valence-corrected chi connectivity index (χ2v) is 5.04. The third kappa shape index (κ3) is 6.20. The number of carboxylic acids is 1. The van der Waals surface area contributed by atoms with Crippen LogP contribution in [-0.4, -0.2) is 17.1 Å². The van der Waals surface area contributed by atoms with Crippen LogP contribution in [0, 0.1) is 0 Å². The summed E-state index contributed by atoms with van der Waals surface area (Å²) < 4.78 is 37.9. The van der Waals surface area contributed by atoms with Gasteiger partial charge in [0.1, 0.15) is 6.04 Å². The molecule has 1 unspecified atom stereocenters. The smallest absolute Gasteiger partial charge is 0.416 e. The summed E-state index contributed by atoms with van der Waals surface area (Å²) in [5.41, 5.74) is -0.638. The van der Waals surface area contributed by atoms with Gasteiger partial charge in [0.25, 0.3) is 0 Å². The van der Waals surface area contributed by atoms with E-state index in [4.69, 9.17) is 5.11 Å². The largest absolute Gasteiger partial charge is 0.480 e. The summed E-state index contributed by atoms with van der Waals surface area (Å²) in [4.78, 5) is 11.2. The number of carboxylic acid groups (broad SMARTS) is 1. The van der Waals surface area contributed by atoms with Gasteiger partial charge in [-0.2, -0.15) is 13.2 Å². The standard InChI is InChI=1S/C16H20F3NO2/c1-2-3-4-5-6-10-14(15(21)22)20-13-9-7-8-12(11-13)16(17,18)19/h2,7-9,11,14,20H,1,3-6,10H2,(H,21,22). The highest BCUT2D eigenvalue weighted by Gasteiger charge is 2.30. The predicted octanol–water partition coefficient (Wildman–Crippen LogP) is 4.71. The molecule has 2 N–H and O–H groups in total. The Balaban J connectivity index is 2.63. The van der Waals surface area contributed by atoms with Crippen LogP contribution in [0.15, 0.2) is 36.9 Å². The third-order valence-electron chi connectivity index (χ3n) is 3.23. The molecule has 6 heteroatoms. The van der Waals surface area contributed by atoms with Crippen LogP contribution in [0.5, 0.6) is 0 Å². The van der Waals surface area contributed by atoms with Gasteiger partial charge in [0.2, 0.25) is 0 Å². The minimum atomic E-state index is -4.44. The zero-order valence-electron chi connectivity index (χ0n) is 12.2. The fourth-order valence-electron chi connectivity index (χ4n) is 2.06. The Morgan fingerprint density at radius 2 is 2.05 bits per heavy atom. The molecule has 0 amide bonds. The Labute approximate surface area is 127 Å². The first-order valence-corrected chi connectivity index (χ1v) is 7.12. The van der Waals surface area contributed by atoms with Gasteiger partial charge >= 0.3 is 12.1 Å². The average Bonchev–Trinajstić information content (AvgIpc) is 2.45. The van der Waals surface area contributed by atoms with Crippen LogP contribution in [-0.2, 0) is 11.0 Å². The Morgan fingerprint density at radius 1 is 1.32 bits per heavy atom. The van der Waals surface area contributed by atoms with E-state index in [1.54, 1.807) is 6.08 Å². The molecular formula is C16H20F3NO2. The van der Waals surface area contributed by atoms with Gasteiger partial charge in [0.05, 0.1) is 5.56 Å². The molecule has 0 radical (unpaired) electrons. The summed E-state index contributed by atoms with van der Waals surface area (Å²) in [6.07, 6.45) is 1.08. The number of rotatable bonds is 9. The van der Waals surface area contributed by atoms with Gasteiger partial charge in [0.15, 0.2) is 0 Å². The fraction of sp³-hybridized carbons (Fsp3) is 0.438. The second kappa shape index (κ2) is 8.46. The molecule has 22 heavy (non-hydrogen) atoms. The molecule has 0 aliphatic carbocycles. The van der Waals surface area contributed by atoms with Gasteiger partial charge in [-0.25, -0.2) is 4.79 Å². The monoisotopic (exact) mass is 315 g/mol. The van der Waals surface area contributed by atoms with Crippen LogP contribution in [0.3, 0.4) is 0 Å². The normalized spacial score (nSPS) is 12.7. The van der Waals surface area contributed by atoms with Crippen LogP contribution in [0.25, 0.3) is 0 Å². The van der Waals surface area contributed by atoms with Crippen molar-refractivity contribution in [3.05, 3.63) is 42.5 Å². The number of benzene rings is 1. The van der Waals surface area contributed by atoms with Crippen molar-refractivity contribution < 1.29 is 23.1 Å². The Bertz CT molecular complexity index is 500. The minimum Gasteiger partial charge on any atom is -0.480 e. The van der Waals surface area contributed by atoms with Crippen LogP contribution < -0.4 is 5.32 Å². The predicted molar refractivity (Wildman–Crippen MR) is 79.8 cm³/mol. The maximum Gasteiger partial charge on any atom is 0.416 e. The van der Waals surface area contributed by atoms with Crippen LogP contribution in [0.1, 0.15) is 37.7 Å². The van der Waals surface area contributed by atoms with Crippen LogP contribution in [0.2, 0.25) is 0 Å². The zero-order chi connectivity index (χ0) is 16.6. The fourth-order valence-corrected chi connectivity index (χ4v) is 2.06. The zero-order valence-corrected chi connectivity index (χ0v) is 12.2. The number of carbonyl (C=O) groups is 1. The highest BCUT2D eigenvalue weighted by atomic mass is 19.4. The minimum absolute atomic E-state index is 0.160. The summed E-state index contributed by atoms with van der Waals surface area (Å²) in [7, 11) is 0. The van der Waals surface area contributed by atoms with Crippen molar-refractivity contribution >= 4 is 11.7 Å². The lowest BCUT2D eigenvalue weighted by molar-refractivity contribution is -0.138. The number of aliphatic carboxylic acids is 1. The molecule has 0 aliphatic heterocycles. The van der Waals surface area contributed by atoms with Gasteiger partial charge in [-0.15, -0.1) is 6.58 Å². The number of nitrogens with one attached hydrogen (secondary N) is 1. The van der Waals surface area contributed by atoms with Crippen molar-refractivity contribution in [2.24, 2.45) is 0 Å². The number of halogens is 3. The first-order valence-electron chi connectivity index (χ1n) is 7.12. The average molecular weight is 315 g/mol. The molecule has 0 aliphatic rings. The molecule has 1 atom stereocenters. The number of unbranched alkanes of at least 4 members (excludes halogenated alkanes) is 3. The SMILES string of the molecule is C=CCCCCCC(Nc1cccc(C(F)(F)F)c1)C(=O)O. The van der Waals surface area contributed by atoms with Gasteiger partial charge < -0.3 is 10.4 Å². The lowest BCUT2D eigenvalue weighted by Crippen LogP contribution is -2.29. The number of hydrogen-bond acceptors (Lipinski definition) is 2. The van der Waals surface area contributed by atoms with E-state index in [9.17, 15) is 18.0 Å². The number of hydrogen-bond donors (Lipinski definition) is 2. The molecule has 0 spiro atoms. The summed E-state index contributed by atoms with van der Waals surface area (Å²) in [6.45, 7) is 3.61. The van der Waals surface area contributed by atoms with E-state index in [1.165, 1.54) is 12.1 Å². The molecule has 1 aromatic carbocycles. The van der Waals surface area contributed by atoms with Crippen LogP contribution in [0.4, 0.5) is 18.9 Å². The molecule has 1 aromatic rings. The van der Waals surface area contributed by atoms with E-state index in [1.807, 2.05) is 0 Å². The molecule has 0 bridgehead atoms. The Hall–Kier alpha value is -1.98. The second-order valence-electron chi connectivity index (χ2n) is 5.04. The summed E-state index contributed by atoms with van der Waals surface area (Å²) in [5, 5.41) is 11.8. The van der Waals surface area contributed by atoms with Crippen molar-refractivity contribution in [3.8, 4) is 0 Å². The lowest BCUT2D eigenvalue weighted by atomic mass is 10.1. The molecule has 122 valence electrons. The van der Waals surface area contributed by atoms with E-state index in [0.29, 0.717) is 12.8 Å². The van der Waals surface area contributed by atoms with E-state index >= 15 is 0 Å². The molecule has 0 saturated heterocycles. The van der Waals surface area contributed by atoms with Crippen molar-refractivity contribution in [2.75, 3.05) is 5.32 Å². The van der Waals surface area contributed by atoms with Crippen molar-refractivity contribution in [1.82, 2.24) is 0 Å². The van der Waals surface area contributed by atoms with E-state index < -0.39 is 23.8 Å². The highest BCUT2D eigenvalue weighted by molar-refractivity contribution is 5.77. The maximum atomic E-state index is 12.6. The number of anilines is 1. The van der Waals surface area contributed by atoms with Gasteiger partial charge in [-0.3, -0.25) is 0 Å². The molecule has 0 fully saturated rings. The third-order valence-corrected chi connectivity index (χ3v) is 3.23. The van der Waals surface area contributed by atoms with E-state index in [0.717, 1.165) is 31.4 Å². The molecular weight excluding hydrogens is 295 g/mol. The highest BCUT2D eigenvalue weighted by Crippen LogP contribution is 2.30. The molecule has 0 aromatic heterocycles. The molecule has 1 rings (SSSR count). The lowest BCUT2D eigenvalue weighted by Gasteiger charge is -2.17. The van der Waals surface area contributed by atoms with Crippen molar-refractivity contribution in [1.29, 1.82) is 0 Å². The molecule has 3 nitrogen and oxygen atoms in total.